The number of anilines is 1. The number of hydrogen-bond acceptors (Lipinski definition) is 2. The predicted molar refractivity (Wildman–Crippen MR) is 128 cm³/mol. The Morgan fingerprint density at radius 1 is 0.839 bits per heavy atom. The molecule has 1 N–H and O–H groups in total. The van der Waals surface area contributed by atoms with Gasteiger partial charge in [-0.15, -0.1) is 0 Å². The lowest BCUT2D eigenvalue weighted by Gasteiger charge is -2.09. The summed E-state index contributed by atoms with van der Waals surface area (Å²) in [4.78, 5) is 12.8. The molecule has 31 heavy (non-hydrogen) atoms. The number of rotatable bonds is 5. The number of carbonyl (C=O) groups excluding carboxylic acids is 1. The van der Waals surface area contributed by atoms with Crippen LogP contribution in [0.3, 0.4) is 0 Å². The molecular formula is C24H18Cl3N3O. The third-order valence-electron chi connectivity index (χ3n) is 4.76. The molecular weight excluding hydrogens is 453 g/mol. The Hall–Kier alpha value is -2.79. The highest BCUT2D eigenvalue weighted by atomic mass is 35.5. The molecule has 1 amide bonds. The molecule has 0 spiro atoms. The molecule has 0 saturated heterocycles. The minimum atomic E-state index is -0.208. The van der Waals surface area contributed by atoms with Crippen molar-refractivity contribution in [2.24, 2.45) is 0 Å². The van der Waals surface area contributed by atoms with Crippen molar-refractivity contribution in [3.8, 4) is 22.5 Å². The van der Waals surface area contributed by atoms with Gasteiger partial charge in [-0.2, -0.15) is 5.10 Å². The van der Waals surface area contributed by atoms with Crippen molar-refractivity contribution in [3.63, 3.8) is 0 Å². The Morgan fingerprint density at radius 3 is 1.97 bits per heavy atom. The van der Waals surface area contributed by atoms with E-state index >= 15 is 0 Å². The first-order valence-corrected chi connectivity index (χ1v) is 10.7. The molecule has 0 fully saturated rings. The number of nitrogens with zero attached hydrogens (tertiary/aromatic N) is 2. The minimum Gasteiger partial charge on any atom is -0.324 e. The molecule has 4 nitrogen and oxygen atoms in total. The molecule has 0 atom stereocenters. The normalized spacial score (nSPS) is 10.8. The van der Waals surface area contributed by atoms with Crippen LogP contribution in [0.15, 0.2) is 72.8 Å². The average molecular weight is 471 g/mol. The van der Waals surface area contributed by atoms with Gasteiger partial charge < -0.3 is 5.32 Å². The van der Waals surface area contributed by atoms with E-state index in [4.69, 9.17) is 34.8 Å². The van der Waals surface area contributed by atoms with Crippen molar-refractivity contribution in [3.05, 3.63) is 93.4 Å². The predicted octanol–water partition coefficient (Wildman–Crippen LogP) is 7.12. The van der Waals surface area contributed by atoms with Crippen molar-refractivity contribution in [1.82, 2.24) is 9.78 Å². The topological polar surface area (TPSA) is 46.9 Å². The summed E-state index contributed by atoms with van der Waals surface area (Å²) >= 11 is 18.8. The zero-order valence-corrected chi connectivity index (χ0v) is 18.8. The van der Waals surface area contributed by atoms with Crippen LogP contribution in [0, 0.1) is 6.92 Å². The number of aromatic nitrogens is 2. The fraction of sp³-hybridized carbons (Fsp3) is 0.0833. The van der Waals surface area contributed by atoms with Gasteiger partial charge in [0.25, 0.3) is 0 Å². The van der Waals surface area contributed by atoms with Crippen LogP contribution in [0.1, 0.15) is 5.56 Å². The highest BCUT2D eigenvalue weighted by Crippen LogP contribution is 2.37. The molecule has 0 aliphatic rings. The Balaban J connectivity index is 1.71. The summed E-state index contributed by atoms with van der Waals surface area (Å²) in [5, 5.41) is 9.24. The highest BCUT2D eigenvalue weighted by Gasteiger charge is 2.21. The molecule has 156 valence electrons. The molecule has 0 radical (unpaired) electrons. The fourth-order valence-electron chi connectivity index (χ4n) is 3.20. The Kier molecular flexibility index (Phi) is 6.33. The van der Waals surface area contributed by atoms with Gasteiger partial charge in [0.05, 0.1) is 10.7 Å². The second-order valence-electron chi connectivity index (χ2n) is 7.10. The fourth-order valence-corrected chi connectivity index (χ4v) is 3.81. The second-order valence-corrected chi connectivity index (χ2v) is 8.35. The van der Waals surface area contributed by atoms with Crippen molar-refractivity contribution < 1.29 is 4.79 Å². The first-order valence-electron chi connectivity index (χ1n) is 9.55. The second kappa shape index (κ2) is 9.15. The summed E-state index contributed by atoms with van der Waals surface area (Å²) in [5.74, 6) is -0.208. The molecule has 0 aliphatic heterocycles. The number of aryl methyl sites for hydroxylation is 1. The van der Waals surface area contributed by atoms with Crippen LogP contribution in [-0.2, 0) is 11.3 Å². The quantitative estimate of drug-likeness (QED) is 0.337. The molecule has 1 heterocycles. The minimum absolute atomic E-state index is 0.000847. The van der Waals surface area contributed by atoms with E-state index in [1.54, 1.807) is 28.9 Å². The summed E-state index contributed by atoms with van der Waals surface area (Å²) < 4.78 is 1.61. The molecule has 1 aromatic heterocycles. The zero-order chi connectivity index (χ0) is 22.0. The van der Waals surface area contributed by atoms with Gasteiger partial charge in [-0.1, -0.05) is 76.8 Å². The van der Waals surface area contributed by atoms with Crippen LogP contribution >= 0.6 is 34.8 Å². The van der Waals surface area contributed by atoms with Crippen molar-refractivity contribution in [2.45, 2.75) is 13.5 Å². The maximum absolute atomic E-state index is 12.8. The van der Waals surface area contributed by atoms with Gasteiger partial charge >= 0.3 is 0 Å². The lowest BCUT2D eigenvalue weighted by Crippen LogP contribution is -2.20. The lowest BCUT2D eigenvalue weighted by atomic mass is 10.1. The van der Waals surface area contributed by atoms with Gasteiger partial charge in [-0.05, 0) is 43.3 Å². The van der Waals surface area contributed by atoms with Crippen molar-refractivity contribution in [1.29, 1.82) is 0 Å². The largest absolute Gasteiger partial charge is 0.324 e. The smallest absolute Gasteiger partial charge is 0.246 e. The number of carbonyl (C=O) groups is 1. The van der Waals surface area contributed by atoms with Gasteiger partial charge in [0.1, 0.15) is 12.2 Å². The number of amides is 1. The summed E-state index contributed by atoms with van der Waals surface area (Å²) in [5.41, 5.74) is 4.68. The molecule has 0 bridgehead atoms. The van der Waals surface area contributed by atoms with Crippen molar-refractivity contribution >= 4 is 46.4 Å². The standard InChI is InChI=1S/C24H18Cl3N3O/c1-15-2-12-20(13-3-15)28-21(31)14-30-24(17-6-10-19(26)11-7-17)22(27)23(29-30)16-4-8-18(25)9-5-16/h2-13H,14H2,1H3,(H,28,31). The molecule has 0 saturated carbocycles. The van der Waals surface area contributed by atoms with E-state index in [2.05, 4.69) is 10.4 Å². The number of benzene rings is 3. The van der Waals surface area contributed by atoms with E-state index in [-0.39, 0.29) is 12.5 Å². The van der Waals surface area contributed by atoms with Gasteiger partial charge in [0, 0.05) is 26.9 Å². The van der Waals surface area contributed by atoms with E-state index in [1.165, 1.54) is 0 Å². The van der Waals surface area contributed by atoms with E-state index in [0.29, 0.717) is 26.5 Å². The monoisotopic (exact) mass is 469 g/mol. The summed E-state index contributed by atoms with van der Waals surface area (Å²) in [6.07, 6.45) is 0. The molecule has 0 unspecified atom stereocenters. The van der Waals surface area contributed by atoms with Crippen LogP contribution in [0.5, 0.6) is 0 Å². The summed E-state index contributed by atoms with van der Waals surface area (Å²) in [7, 11) is 0. The SMILES string of the molecule is Cc1ccc(NC(=O)Cn2nc(-c3ccc(Cl)cc3)c(Cl)c2-c2ccc(Cl)cc2)cc1. The maximum Gasteiger partial charge on any atom is 0.246 e. The molecule has 0 aliphatic carbocycles. The third kappa shape index (κ3) is 4.93. The molecule has 7 heteroatoms. The van der Waals surface area contributed by atoms with Gasteiger partial charge in [-0.3, -0.25) is 9.48 Å². The van der Waals surface area contributed by atoms with E-state index in [0.717, 1.165) is 22.4 Å². The molecule has 3 aromatic carbocycles. The Labute approximate surface area is 195 Å². The third-order valence-corrected chi connectivity index (χ3v) is 5.62. The summed E-state index contributed by atoms with van der Waals surface area (Å²) in [6, 6.07) is 22.1. The number of hydrogen-bond donors (Lipinski definition) is 1. The Bertz CT molecular complexity index is 1210. The molecule has 4 rings (SSSR count). The number of nitrogens with one attached hydrogen (secondary N) is 1. The zero-order valence-electron chi connectivity index (χ0n) is 16.6. The molecule has 4 aromatic rings. The van der Waals surface area contributed by atoms with Crippen molar-refractivity contribution in [2.75, 3.05) is 5.32 Å². The van der Waals surface area contributed by atoms with Crippen LogP contribution in [0.25, 0.3) is 22.5 Å². The highest BCUT2D eigenvalue weighted by molar-refractivity contribution is 6.36. The van der Waals surface area contributed by atoms with Crippen LogP contribution in [0.4, 0.5) is 5.69 Å². The van der Waals surface area contributed by atoms with E-state index in [1.807, 2.05) is 55.5 Å². The lowest BCUT2D eigenvalue weighted by molar-refractivity contribution is -0.116. The van der Waals surface area contributed by atoms with Crippen LogP contribution < -0.4 is 5.32 Å². The van der Waals surface area contributed by atoms with Gasteiger partial charge in [0.15, 0.2) is 0 Å². The maximum atomic E-state index is 12.8. The Morgan fingerprint density at radius 2 is 1.39 bits per heavy atom. The summed E-state index contributed by atoms with van der Waals surface area (Å²) in [6.45, 7) is 1.99. The number of halogens is 3. The van der Waals surface area contributed by atoms with E-state index in [9.17, 15) is 4.79 Å². The van der Waals surface area contributed by atoms with Gasteiger partial charge in [-0.25, -0.2) is 0 Å². The van der Waals surface area contributed by atoms with Crippen LogP contribution in [0.2, 0.25) is 15.1 Å². The van der Waals surface area contributed by atoms with Gasteiger partial charge in [0.2, 0.25) is 5.91 Å². The average Bonchev–Trinajstić information content (AvgIpc) is 3.06. The van der Waals surface area contributed by atoms with Crippen LogP contribution in [-0.4, -0.2) is 15.7 Å². The first kappa shape index (κ1) is 21.4. The van der Waals surface area contributed by atoms with E-state index < -0.39 is 0 Å². The first-order chi connectivity index (χ1) is 14.9.